The summed E-state index contributed by atoms with van der Waals surface area (Å²) in [4.78, 5) is 0. The first-order chi connectivity index (χ1) is 8.33. The molecule has 2 nitrogen and oxygen atoms in total. The molecule has 0 radical (unpaired) electrons. The average molecular weight is 368 g/mol. The van der Waals surface area contributed by atoms with Crippen molar-refractivity contribution >= 4 is 22.6 Å². The second-order valence-corrected chi connectivity index (χ2v) is 7.60. The minimum Gasteiger partial charge on any atom is -0.382 e. The molecule has 1 fully saturated rings. The highest BCUT2D eigenvalue weighted by Crippen LogP contribution is 2.43. The third kappa shape index (κ3) is 4.64. The normalized spacial score (nSPS) is 31.3. The van der Waals surface area contributed by atoms with Gasteiger partial charge in [-0.1, -0.05) is 43.4 Å². The Labute approximate surface area is 126 Å². The maximum Gasteiger partial charge on any atom is 0.0788 e. The standard InChI is InChI=1S/C15H29IO2/c1-12(10-17-5)18-15(11-16)8-6-13(7-9-15)14(2,3)4/h12-13H,6-11H2,1-5H3. The summed E-state index contributed by atoms with van der Waals surface area (Å²) in [5.74, 6) is 0.843. The summed E-state index contributed by atoms with van der Waals surface area (Å²) in [6, 6.07) is 0. The van der Waals surface area contributed by atoms with Gasteiger partial charge >= 0.3 is 0 Å². The zero-order valence-electron chi connectivity index (χ0n) is 12.6. The molecule has 0 bridgehead atoms. The predicted octanol–water partition coefficient (Wildman–Crippen LogP) is 4.45. The summed E-state index contributed by atoms with van der Waals surface area (Å²) < 4.78 is 12.6. The van der Waals surface area contributed by atoms with E-state index in [0.29, 0.717) is 12.0 Å². The monoisotopic (exact) mass is 368 g/mol. The van der Waals surface area contributed by atoms with Crippen molar-refractivity contribution in [3.63, 3.8) is 0 Å². The van der Waals surface area contributed by atoms with Crippen molar-refractivity contribution in [3.05, 3.63) is 0 Å². The zero-order valence-corrected chi connectivity index (χ0v) is 14.7. The smallest absolute Gasteiger partial charge is 0.0788 e. The molecule has 3 heteroatoms. The third-order valence-electron chi connectivity index (χ3n) is 4.22. The summed E-state index contributed by atoms with van der Waals surface area (Å²) in [7, 11) is 1.74. The molecule has 0 aromatic rings. The van der Waals surface area contributed by atoms with Crippen LogP contribution in [-0.2, 0) is 9.47 Å². The van der Waals surface area contributed by atoms with Gasteiger partial charge in [-0.25, -0.2) is 0 Å². The van der Waals surface area contributed by atoms with Crippen LogP contribution in [0.2, 0.25) is 0 Å². The quantitative estimate of drug-likeness (QED) is 0.527. The number of alkyl halides is 1. The van der Waals surface area contributed by atoms with Gasteiger partial charge in [0.15, 0.2) is 0 Å². The Morgan fingerprint density at radius 1 is 1.28 bits per heavy atom. The first-order valence-electron chi connectivity index (χ1n) is 7.06. The molecule has 108 valence electrons. The number of methoxy groups -OCH3 is 1. The van der Waals surface area contributed by atoms with E-state index in [0.717, 1.165) is 10.3 Å². The van der Waals surface area contributed by atoms with Crippen molar-refractivity contribution in [2.24, 2.45) is 11.3 Å². The summed E-state index contributed by atoms with van der Waals surface area (Å²) in [6.45, 7) is 9.91. The fraction of sp³-hybridized carbons (Fsp3) is 1.00. The van der Waals surface area contributed by atoms with Crippen molar-refractivity contribution in [2.45, 2.75) is 65.1 Å². The number of rotatable bonds is 5. The first-order valence-corrected chi connectivity index (χ1v) is 8.58. The molecular formula is C15H29IO2. The highest BCUT2D eigenvalue weighted by atomic mass is 127. The molecule has 0 heterocycles. The molecule has 0 aromatic heterocycles. The van der Waals surface area contributed by atoms with E-state index in [2.05, 4.69) is 50.3 Å². The van der Waals surface area contributed by atoms with E-state index in [1.807, 2.05) is 0 Å². The van der Waals surface area contributed by atoms with E-state index in [1.165, 1.54) is 25.7 Å². The lowest BCUT2D eigenvalue weighted by molar-refractivity contribution is -0.119. The van der Waals surface area contributed by atoms with Crippen LogP contribution in [0.4, 0.5) is 0 Å². The molecule has 0 aromatic carbocycles. The molecule has 1 saturated carbocycles. The highest BCUT2D eigenvalue weighted by Gasteiger charge is 2.39. The molecule has 0 amide bonds. The summed E-state index contributed by atoms with van der Waals surface area (Å²) >= 11 is 2.48. The Balaban J connectivity index is 2.54. The summed E-state index contributed by atoms with van der Waals surface area (Å²) in [6.07, 6.45) is 5.20. The maximum atomic E-state index is 6.30. The van der Waals surface area contributed by atoms with Gasteiger partial charge in [0.05, 0.1) is 18.3 Å². The molecule has 1 aliphatic rings. The Morgan fingerprint density at radius 3 is 2.22 bits per heavy atom. The number of ether oxygens (including phenoxy) is 2. The predicted molar refractivity (Wildman–Crippen MR) is 85.5 cm³/mol. The van der Waals surface area contributed by atoms with E-state index in [-0.39, 0.29) is 11.7 Å². The van der Waals surface area contributed by atoms with Crippen LogP contribution in [0.5, 0.6) is 0 Å². The number of hydrogen-bond donors (Lipinski definition) is 0. The van der Waals surface area contributed by atoms with Crippen molar-refractivity contribution < 1.29 is 9.47 Å². The molecule has 1 unspecified atom stereocenters. The van der Waals surface area contributed by atoms with E-state index < -0.39 is 0 Å². The fourth-order valence-corrected chi connectivity index (χ4v) is 3.93. The number of halogens is 1. The molecule has 0 spiro atoms. The van der Waals surface area contributed by atoms with Gasteiger partial charge in [0.2, 0.25) is 0 Å². The van der Waals surface area contributed by atoms with Crippen LogP contribution >= 0.6 is 22.6 Å². The van der Waals surface area contributed by atoms with Crippen LogP contribution < -0.4 is 0 Å². The van der Waals surface area contributed by atoms with Gasteiger partial charge in [-0.2, -0.15) is 0 Å². The van der Waals surface area contributed by atoms with Crippen LogP contribution in [0.25, 0.3) is 0 Å². The van der Waals surface area contributed by atoms with Gasteiger partial charge in [-0.05, 0) is 43.9 Å². The second-order valence-electron chi connectivity index (χ2n) is 6.84. The van der Waals surface area contributed by atoms with E-state index in [1.54, 1.807) is 7.11 Å². The fourth-order valence-electron chi connectivity index (χ4n) is 2.99. The van der Waals surface area contributed by atoms with Gasteiger partial charge < -0.3 is 9.47 Å². The largest absolute Gasteiger partial charge is 0.382 e. The van der Waals surface area contributed by atoms with E-state index in [4.69, 9.17) is 9.47 Å². The summed E-state index contributed by atoms with van der Waals surface area (Å²) in [5.41, 5.74) is 0.538. The van der Waals surface area contributed by atoms with Crippen molar-refractivity contribution in [1.82, 2.24) is 0 Å². The molecule has 1 atom stereocenters. The SMILES string of the molecule is COCC(C)OC1(CI)CCC(C(C)(C)C)CC1. The van der Waals surface area contributed by atoms with Gasteiger partial charge in [-0.3, -0.25) is 0 Å². The Kier molecular flexibility index (Phi) is 6.39. The van der Waals surface area contributed by atoms with Gasteiger partial charge in [-0.15, -0.1) is 0 Å². The minimum atomic E-state index is 0.0975. The molecule has 1 aliphatic carbocycles. The van der Waals surface area contributed by atoms with Crippen molar-refractivity contribution in [2.75, 3.05) is 18.1 Å². The molecule has 18 heavy (non-hydrogen) atoms. The van der Waals surface area contributed by atoms with Crippen molar-refractivity contribution in [1.29, 1.82) is 0 Å². The van der Waals surface area contributed by atoms with Crippen LogP contribution in [0.3, 0.4) is 0 Å². The lowest BCUT2D eigenvalue weighted by atomic mass is 9.69. The summed E-state index contributed by atoms with van der Waals surface area (Å²) in [5, 5.41) is 0. The van der Waals surface area contributed by atoms with Crippen LogP contribution in [-0.4, -0.2) is 29.8 Å². The maximum absolute atomic E-state index is 6.30. The lowest BCUT2D eigenvalue weighted by Crippen LogP contribution is -2.44. The first kappa shape index (κ1) is 16.7. The Morgan fingerprint density at radius 2 is 1.83 bits per heavy atom. The number of hydrogen-bond acceptors (Lipinski definition) is 2. The van der Waals surface area contributed by atoms with Gasteiger partial charge in [0, 0.05) is 11.5 Å². The molecule has 0 saturated heterocycles. The van der Waals surface area contributed by atoms with Gasteiger partial charge in [0.25, 0.3) is 0 Å². The highest BCUT2D eigenvalue weighted by molar-refractivity contribution is 14.1. The van der Waals surface area contributed by atoms with E-state index >= 15 is 0 Å². The third-order valence-corrected chi connectivity index (χ3v) is 5.61. The molecular weight excluding hydrogens is 339 g/mol. The topological polar surface area (TPSA) is 18.5 Å². The Hall–Kier alpha value is 0.650. The minimum absolute atomic E-state index is 0.0975. The Bertz CT molecular complexity index is 239. The molecule has 0 N–H and O–H groups in total. The zero-order chi connectivity index (χ0) is 13.8. The molecule has 0 aliphatic heterocycles. The van der Waals surface area contributed by atoms with Crippen LogP contribution in [0, 0.1) is 11.3 Å². The van der Waals surface area contributed by atoms with Crippen LogP contribution in [0.15, 0.2) is 0 Å². The second kappa shape index (κ2) is 6.89. The van der Waals surface area contributed by atoms with Crippen molar-refractivity contribution in [3.8, 4) is 0 Å². The lowest BCUT2D eigenvalue weighted by Gasteiger charge is -2.44. The van der Waals surface area contributed by atoms with Gasteiger partial charge in [0.1, 0.15) is 0 Å². The van der Waals surface area contributed by atoms with Crippen LogP contribution in [0.1, 0.15) is 53.4 Å². The van der Waals surface area contributed by atoms with E-state index in [9.17, 15) is 0 Å². The average Bonchev–Trinajstić information content (AvgIpc) is 2.28. The molecule has 1 rings (SSSR count).